The predicted molar refractivity (Wildman–Crippen MR) is 524 cm³/mol. The smallest absolute Gasteiger partial charge is 0.211 e. The van der Waals surface area contributed by atoms with Crippen LogP contribution in [0.1, 0.15) is 154 Å². The highest BCUT2D eigenvalue weighted by Crippen LogP contribution is 2.56. The number of benzene rings is 5. The van der Waals surface area contributed by atoms with E-state index >= 15 is 0 Å². The summed E-state index contributed by atoms with van der Waals surface area (Å²) in [6.45, 7) is 25.0. The Morgan fingerprint density at radius 1 is 0.417 bits per heavy atom. The van der Waals surface area contributed by atoms with Crippen LogP contribution in [-0.2, 0) is 11.2 Å². The molecule has 0 amide bonds. The van der Waals surface area contributed by atoms with Crippen molar-refractivity contribution in [1.82, 2.24) is 62.5 Å². The second-order valence-electron chi connectivity index (χ2n) is 36.2. The first-order chi connectivity index (χ1) is 61.1. The number of aromatic nitrogens is 13. The summed E-state index contributed by atoms with van der Waals surface area (Å²) in [4.78, 5) is 60.5. The van der Waals surface area contributed by atoms with Crippen molar-refractivity contribution in [2.24, 2.45) is 51.1 Å². The van der Waals surface area contributed by atoms with Gasteiger partial charge in [0.1, 0.15) is 0 Å². The van der Waals surface area contributed by atoms with Crippen LogP contribution in [0.15, 0.2) is 217 Å². The summed E-state index contributed by atoms with van der Waals surface area (Å²) in [6.07, 6.45) is 39.0. The lowest BCUT2D eigenvalue weighted by molar-refractivity contribution is 0.0968. The molecule has 662 valence electrons. The molecule has 6 atom stereocenters. The van der Waals surface area contributed by atoms with Gasteiger partial charge in [0.15, 0.2) is 22.6 Å². The third-order valence-electron chi connectivity index (χ3n) is 29.3. The Morgan fingerprint density at radius 2 is 0.858 bits per heavy atom. The van der Waals surface area contributed by atoms with Crippen molar-refractivity contribution >= 4 is 174 Å². The SMILES string of the molecule is C.C[C@@H]1CCCC12CCN(c1ncc(Sc3ccnc4ccccc34)c3nccn13)CC2.Cc1nc(N2CCC3(CC2)CO[C@@H](C)[C@H]3C)n2ccnc2c1Sc1cccc(Cl)c1Cl.Cc1nc(N2CCC3(CC2)C[C@@H](C)C[C@H]3C)n2ccnc2c1Sc1cccc(Cl)c1Cl.N[C@@H]1c2ccccc2CC12CCN(c1ncc(Sc3cccc(Cl)c3Cl)c3nccn13)CC2. The molecule has 2 N–H and O–H groups in total. The molecule has 0 bridgehead atoms. The van der Waals surface area contributed by atoms with E-state index < -0.39 is 0 Å². The average molecular weight is 1900 g/mol. The highest BCUT2D eigenvalue weighted by molar-refractivity contribution is 8.00. The largest absolute Gasteiger partial charge is 0.378 e. The van der Waals surface area contributed by atoms with E-state index in [4.69, 9.17) is 105 Å². The molecule has 14 aromatic rings. The van der Waals surface area contributed by atoms with Crippen LogP contribution in [0.5, 0.6) is 0 Å². The van der Waals surface area contributed by atoms with E-state index in [0.717, 1.165) is 212 Å². The quantitative estimate of drug-likeness (QED) is 0.122. The molecule has 5 saturated heterocycles. The summed E-state index contributed by atoms with van der Waals surface area (Å²) in [5, 5.41) is 4.50. The van der Waals surface area contributed by atoms with Crippen LogP contribution in [0, 0.1) is 59.2 Å². The van der Waals surface area contributed by atoms with Gasteiger partial charge in [0.25, 0.3) is 0 Å². The molecule has 3 aliphatic carbocycles. The number of pyridine rings is 1. The van der Waals surface area contributed by atoms with Gasteiger partial charge in [-0.25, -0.2) is 39.9 Å². The summed E-state index contributed by atoms with van der Waals surface area (Å²) < 4.78 is 14.5. The predicted octanol–water partition coefficient (Wildman–Crippen LogP) is 25.8. The van der Waals surface area contributed by atoms with Gasteiger partial charge in [0, 0.05) is 157 Å². The fraction of sp³-hybridized carbons (Fsp3) is 0.418. The number of fused-ring (bicyclic) bond motifs is 6. The van der Waals surface area contributed by atoms with E-state index in [2.05, 4.69) is 153 Å². The van der Waals surface area contributed by atoms with E-state index in [1.165, 1.54) is 85.6 Å². The van der Waals surface area contributed by atoms with Gasteiger partial charge in [-0.05, 0) is 197 Å². The fourth-order valence-corrected chi connectivity index (χ4v) is 27.0. The van der Waals surface area contributed by atoms with Crippen LogP contribution in [-0.4, -0.2) is 128 Å². The van der Waals surface area contributed by atoms with Crippen LogP contribution in [0.4, 0.5) is 23.8 Å². The average Bonchev–Trinajstić information content (AvgIpc) is 1.64. The normalized spacial score (nSPS) is 21.4. The zero-order valence-corrected chi connectivity index (χ0v) is 79.8. The number of para-hydroxylation sites is 1. The van der Waals surface area contributed by atoms with E-state index in [-0.39, 0.29) is 18.9 Å². The number of ether oxygens (including phenoxy) is 1. The van der Waals surface area contributed by atoms with Crippen molar-refractivity contribution in [3.8, 4) is 0 Å². The Balaban J connectivity index is 0.000000114. The standard InChI is InChI=1S/C25H23Cl2N5S.C25H27N5S.C24H28Cl2N4S.C23H26Cl2N4OS.CH4/c26-18-6-3-7-19(21(18)27)33-20-15-30-24(32-13-10-29-23(20)32)31-11-8-25(9-12-31)14-16-4-1-2-5-17(16)22(25)28;1-18-5-4-9-25(18)10-14-29(15-11-25)24-28-17-22(23-27-13-16-30(23)24)31-21-8-12-26-20-7-3-2-6-19(20)21;1-15-13-16(2)24(14-15)7-10-29(11-8-24)23-28-17(3)21(22-27-9-12-30(22)23)31-19-6-4-5-18(25)20(19)26;1-14-16(3)30-13-23(14)7-10-28(11-8-23)22-27-15(2)20(21-26-9-12-29(21)22)31-18-6-4-5-17(24)19(18)25;/h1-7,10,13,15,22H,8-9,11-12,14,28H2;2-3,6-8,12-13,16-18H,4-5,9-11,14-15H2,1H3;4-6,9,12,15-16H,7-8,10-11,13-14H2,1-3H3;4-6,9,12,14,16H,7-8,10-11,13H2,1-3H3;1H4/t22-;18-;15-,16+;14-,16+;/m1101./s1. The molecule has 127 heavy (non-hydrogen) atoms. The zero-order valence-electron chi connectivity index (χ0n) is 72.0. The van der Waals surface area contributed by atoms with E-state index in [1.807, 2.05) is 117 Å². The minimum atomic E-state index is 0. The number of imidazole rings is 4. The number of hydrogen-bond donors (Lipinski definition) is 1. The number of halogens is 6. The third-order valence-corrected chi connectivity index (χ3v) is 36.7. The lowest BCUT2D eigenvalue weighted by atomic mass is 9.70. The maximum Gasteiger partial charge on any atom is 0.211 e. The molecular formula is C98H108Cl6N18OS4. The number of hydrogen-bond acceptors (Lipinski definition) is 19. The Labute approximate surface area is 791 Å². The molecule has 19 nitrogen and oxygen atoms in total. The van der Waals surface area contributed by atoms with Crippen molar-refractivity contribution in [2.75, 3.05) is 78.6 Å². The number of rotatable bonds is 12. The molecule has 22 rings (SSSR count). The van der Waals surface area contributed by atoms with E-state index in [0.29, 0.717) is 58.4 Å². The minimum Gasteiger partial charge on any atom is -0.378 e. The third kappa shape index (κ3) is 17.4. The van der Waals surface area contributed by atoms with Gasteiger partial charge in [0.05, 0.1) is 79.3 Å². The maximum atomic E-state index is 6.76. The molecule has 2 saturated carbocycles. The van der Waals surface area contributed by atoms with Crippen LogP contribution in [0.3, 0.4) is 0 Å². The molecular weight excluding hydrogens is 1790 g/mol. The second-order valence-corrected chi connectivity index (χ2v) is 42.8. The van der Waals surface area contributed by atoms with E-state index in [1.54, 1.807) is 47.4 Å². The number of aryl methyl sites for hydroxylation is 2. The molecule has 8 aliphatic rings. The Morgan fingerprint density at radius 3 is 1.33 bits per heavy atom. The summed E-state index contributed by atoms with van der Waals surface area (Å²) >= 11 is 44.3. The van der Waals surface area contributed by atoms with Gasteiger partial charge in [0.2, 0.25) is 23.8 Å². The highest BCUT2D eigenvalue weighted by atomic mass is 35.5. The summed E-state index contributed by atoms with van der Waals surface area (Å²) in [5.41, 5.74) is 17.6. The van der Waals surface area contributed by atoms with Crippen molar-refractivity contribution < 1.29 is 4.74 Å². The number of anilines is 4. The molecule has 0 unspecified atom stereocenters. The molecule has 9 aromatic heterocycles. The van der Waals surface area contributed by atoms with Crippen LogP contribution < -0.4 is 25.3 Å². The number of nitrogens with zero attached hydrogens (tertiary/aromatic N) is 17. The molecule has 29 heteroatoms. The molecule has 4 spiro atoms. The molecule has 7 fully saturated rings. The first kappa shape index (κ1) is 89.8. The highest BCUT2D eigenvalue weighted by Gasteiger charge is 2.50. The summed E-state index contributed by atoms with van der Waals surface area (Å²) in [6, 6.07) is 36.2. The molecule has 5 aromatic carbocycles. The van der Waals surface area contributed by atoms with Gasteiger partial charge in [-0.3, -0.25) is 22.6 Å². The van der Waals surface area contributed by atoms with Gasteiger partial charge in [-0.2, -0.15) is 0 Å². The fourth-order valence-electron chi connectivity index (χ4n) is 21.6. The first-order valence-electron chi connectivity index (χ1n) is 44.2. The first-order valence-corrected chi connectivity index (χ1v) is 49.7. The molecule has 14 heterocycles. The monoisotopic (exact) mass is 1890 g/mol. The maximum absolute atomic E-state index is 6.76. The molecule has 5 aliphatic heterocycles. The molecule has 0 radical (unpaired) electrons. The van der Waals surface area contributed by atoms with Gasteiger partial charge in [-0.1, -0.05) is 225 Å². The van der Waals surface area contributed by atoms with Gasteiger partial charge < -0.3 is 30.1 Å². The zero-order chi connectivity index (χ0) is 86.9. The summed E-state index contributed by atoms with van der Waals surface area (Å²) in [5.74, 6) is 7.05. The van der Waals surface area contributed by atoms with Crippen LogP contribution in [0.25, 0.3) is 33.5 Å². The van der Waals surface area contributed by atoms with Crippen molar-refractivity contribution in [1.29, 1.82) is 0 Å². The Kier molecular flexibility index (Phi) is 26.5. The topological polar surface area (TPSA) is 182 Å². The lowest BCUT2D eigenvalue weighted by Gasteiger charge is -2.43. The second kappa shape index (κ2) is 37.5. The van der Waals surface area contributed by atoms with Crippen LogP contribution in [0.2, 0.25) is 30.1 Å². The minimum absolute atomic E-state index is 0. The van der Waals surface area contributed by atoms with Gasteiger partial charge in [-0.15, -0.1) is 0 Å². The van der Waals surface area contributed by atoms with Crippen molar-refractivity contribution in [2.45, 2.75) is 197 Å². The Hall–Kier alpha value is -7.75. The van der Waals surface area contributed by atoms with Crippen molar-refractivity contribution in [3.63, 3.8) is 0 Å². The van der Waals surface area contributed by atoms with E-state index in [9.17, 15) is 0 Å². The van der Waals surface area contributed by atoms with Gasteiger partial charge >= 0.3 is 0 Å². The Bertz CT molecular complexity index is 6190. The van der Waals surface area contributed by atoms with Crippen molar-refractivity contribution in [3.05, 3.63) is 230 Å². The number of piperidine rings is 4. The lowest BCUT2D eigenvalue weighted by Crippen LogP contribution is -2.45. The number of nitrogens with two attached hydrogens (primary N) is 1. The van der Waals surface area contributed by atoms with Crippen LogP contribution >= 0.6 is 117 Å². The summed E-state index contributed by atoms with van der Waals surface area (Å²) in [7, 11) is 0.